The molecule has 1 aliphatic rings. The number of allylic oxidation sites excluding steroid dienone is 4. The maximum Gasteiger partial charge on any atom is 0.249 e. The molecule has 1 amide bonds. The van der Waals surface area contributed by atoms with Crippen LogP contribution in [0.25, 0.3) is 0 Å². The number of hydrogen-bond acceptors (Lipinski definition) is 10. The van der Waals surface area contributed by atoms with Crippen molar-refractivity contribution >= 4 is 5.91 Å². The van der Waals surface area contributed by atoms with Crippen molar-refractivity contribution in [1.82, 2.24) is 5.32 Å². The zero-order chi connectivity index (χ0) is 55.4. The molecule has 76 heavy (non-hydrogen) atoms. The lowest BCUT2D eigenvalue weighted by Crippen LogP contribution is -2.60. The lowest BCUT2D eigenvalue weighted by atomic mass is 9.98. The number of hydrogen-bond donors (Lipinski definition) is 8. The molecule has 450 valence electrons. The molecule has 0 aromatic rings. The summed E-state index contributed by atoms with van der Waals surface area (Å²) in [5.41, 5.74) is 0. The number of amides is 1. The number of ether oxygens (including phenoxy) is 2. The van der Waals surface area contributed by atoms with Crippen LogP contribution in [0.3, 0.4) is 0 Å². The molecule has 0 spiro atoms. The Morgan fingerprint density at radius 2 is 0.789 bits per heavy atom. The zero-order valence-electron chi connectivity index (χ0n) is 49.5. The van der Waals surface area contributed by atoms with Crippen LogP contribution in [-0.4, -0.2) is 110 Å². The van der Waals surface area contributed by atoms with E-state index in [0.29, 0.717) is 19.3 Å². The van der Waals surface area contributed by atoms with Gasteiger partial charge in [0.2, 0.25) is 5.91 Å². The molecule has 1 heterocycles. The third-order valence-electron chi connectivity index (χ3n) is 16.0. The Morgan fingerprint density at radius 3 is 1.17 bits per heavy atom. The van der Waals surface area contributed by atoms with Gasteiger partial charge < -0.3 is 50.5 Å². The molecule has 8 N–H and O–H groups in total. The van der Waals surface area contributed by atoms with E-state index in [1.165, 1.54) is 231 Å². The van der Waals surface area contributed by atoms with E-state index >= 15 is 0 Å². The van der Waals surface area contributed by atoms with Crippen LogP contribution in [0.15, 0.2) is 24.3 Å². The molecule has 1 rings (SSSR count). The fourth-order valence-corrected chi connectivity index (χ4v) is 10.7. The van der Waals surface area contributed by atoms with E-state index in [-0.39, 0.29) is 12.8 Å². The van der Waals surface area contributed by atoms with Gasteiger partial charge in [0.25, 0.3) is 0 Å². The Labute approximate surface area is 467 Å². The van der Waals surface area contributed by atoms with Gasteiger partial charge in [-0.25, -0.2) is 0 Å². The van der Waals surface area contributed by atoms with Crippen LogP contribution in [0, 0.1) is 0 Å². The van der Waals surface area contributed by atoms with Gasteiger partial charge in [0.1, 0.15) is 36.6 Å². The lowest BCUT2D eigenvalue weighted by Gasteiger charge is -2.40. The maximum absolute atomic E-state index is 13.2. The summed E-state index contributed by atoms with van der Waals surface area (Å²) in [6.07, 6.45) is 55.4. The van der Waals surface area contributed by atoms with Gasteiger partial charge in [-0.3, -0.25) is 4.79 Å². The largest absolute Gasteiger partial charge is 0.394 e. The van der Waals surface area contributed by atoms with Crippen LogP contribution in [0.1, 0.15) is 316 Å². The SMILES string of the molecule is CCCCCCCCCCCCCCCCC/C=C/CC/C=C/CCCC(O)C(O)C(COC1OC(CO)C(O)C(O)C1O)NC(=O)C(O)CCCCCCCCCCCCCCCCCCCCCCCCCCC. The zero-order valence-corrected chi connectivity index (χ0v) is 49.5. The molecule has 1 saturated heterocycles. The Hall–Kier alpha value is -1.41. The predicted molar refractivity (Wildman–Crippen MR) is 316 cm³/mol. The number of nitrogens with one attached hydrogen (secondary N) is 1. The van der Waals surface area contributed by atoms with Crippen LogP contribution in [0.4, 0.5) is 0 Å². The summed E-state index contributed by atoms with van der Waals surface area (Å²) in [5.74, 6) is -0.704. The Balaban J connectivity index is 2.27. The highest BCUT2D eigenvalue weighted by Gasteiger charge is 2.44. The summed E-state index contributed by atoms with van der Waals surface area (Å²) in [5, 5.41) is 76.3. The summed E-state index contributed by atoms with van der Waals surface area (Å²) in [4.78, 5) is 13.2. The van der Waals surface area contributed by atoms with Gasteiger partial charge >= 0.3 is 0 Å². The normalized spacial score (nSPS) is 19.7. The molecule has 9 unspecified atom stereocenters. The minimum Gasteiger partial charge on any atom is -0.394 e. The first-order chi connectivity index (χ1) is 37.2. The summed E-state index contributed by atoms with van der Waals surface area (Å²) in [6, 6.07) is -1.19. The predicted octanol–water partition coefficient (Wildman–Crippen LogP) is 14.9. The molecule has 0 saturated carbocycles. The standard InChI is InChI=1S/C65H125NO10/c1-3-5-7-9-11-13-15-17-19-21-23-25-27-29-31-33-35-37-39-41-43-45-47-49-51-53-58(69)64(74)66-56(55-75-65-63(73)62(72)61(71)59(54-67)76-65)60(70)57(68)52-50-48-46-44-42-40-38-36-34-32-30-28-26-24-22-20-18-16-14-12-10-8-6-4-2/h36,38,44,46,56-63,65,67-73H,3-35,37,39-43,45,47-55H2,1-2H3,(H,66,74)/b38-36+,46-44+. The van der Waals surface area contributed by atoms with Gasteiger partial charge in [-0.05, 0) is 51.4 Å². The van der Waals surface area contributed by atoms with Crippen molar-refractivity contribution in [2.45, 2.75) is 371 Å². The Kier molecular flexibility index (Phi) is 51.8. The van der Waals surface area contributed by atoms with Crippen LogP contribution in [-0.2, 0) is 14.3 Å². The second-order valence-corrected chi connectivity index (χ2v) is 23.2. The quantitative estimate of drug-likeness (QED) is 0.0215. The van der Waals surface area contributed by atoms with Crippen molar-refractivity contribution in [3.63, 3.8) is 0 Å². The summed E-state index contributed by atoms with van der Waals surface area (Å²) < 4.78 is 11.2. The number of aliphatic hydroxyl groups is 7. The van der Waals surface area contributed by atoms with Gasteiger partial charge in [0.05, 0.1) is 25.4 Å². The second kappa shape index (κ2) is 54.2. The van der Waals surface area contributed by atoms with Crippen LogP contribution in [0.5, 0.6) is 0 Å². The third kappa shape index (κ3) is 41.6. The minimum absolute atomic E-state index is 0.249. The highest BCUT2D eigenvalue weighted by molar-refractivity contribution is 5.80. The van der Waals surface area contributed by atoms with Crippen LogP contribution >= 0.6 is 0 Å². The van der Waals surface area contributed by atoms with E-state index in [2.05, 4.69) is 43.5 Å². The fourth-order valence-electron chi connectivity index (χ4n) is 10.7. The van der Waals surface area contributed by atoms with Crippen LogP contribution < -0.4 is 5.32 Å². The monoisotopic (exact) mass is 1080 g/mol. The third-order valence-corrected chi connectivity index (χ3v) is 16.0. The molecular weight excluding hydrogens is 955 g/mol. The van der Waals surface area contributed by atoms with E-state index in [9.17, 15) is 40.5 Å². The molecular formula is C65H125NO10. The summed E-state index contributed by atoms with van der Waals surface area (Å²) >= 11 is 0. The van der Waals surface area contributed by atoms with E-state index in [4.69, 9.17) is 9.47 Å². The van der Waals surface area contributed by atoms with Crippen molar-refractivity contribution in [2.75, 3.05) is 13.2 Å². The number of unbranched alkanes of at least 4 members (excludes halogenated alkanes) is 41. The number of aliphatic hydroxyl groups excluding tert-OH is 7. The average Bonchev–Trinajstić information content (AvgIpc) is 3.42. The van der Waals surface area contributed by atoms with E-state index in [1.807, 2.05) is 0 Å². The van der Waals surface area contributed by atoms with E-state index < -0.39 is 74.2 Å². The van der Waals surface area contributed by atoms with Crippen molar-refractivity contribution < 1.29 is 50.0 Å². The minimum atomic E-state index is -1.67. The van der Waals surface area contributed by atoms with E-state index in [0.717, 1.165) is 38.5 Å². The molecule has 11 nitrogen and oxygen atoms in total. The van der Waals surface area contributed by atoms with Crippen molar-refractivity contribution in [3.05, 3.63) is 24.3 Å². The molecule has 1 fully saturated rings. The number of carbonyl (C=O) groups excluding carboxylic acids is 1. The molecule has 1 aliphatic heterocycles. The first-order valence-electron chi connectivity index (χ1n) is 32.7. The van der Waals surface area contributed by atoms with Crippen LogP contribution in [0.2, 0.25) is 0 Å². The average molecular weight is 1080 g/mol. The van der Waals surface area contributed by atoms with Gasteiger partial charge in [0, 0.05) is 0 Å². The highest BCUT2D eigenvalue weighted by atomic mass is 16.7. The van der Waals surface area contributed by atoms with Gasteiger partial charge in [-0.1, -0.05) is 289 Å². The second-order valence-electron chi connectivity index (χ2n) is 23.2. The molecule has 0 aromatic carbocycles. The van der Waals surface area contributed by atoms with Gasteiger partial charge in [-0.15, -0.1) is 0 Å². The van der Waals surface area contributed by atoms with Gasteiger partial charge in [-0.2, -0.15) is 0 Å². The van der Waals surface area contributed by atoms with Crippen molar-refractivity contribution in [1.29, 1.82) is 0 Å². The molecule has 0 aliphatic carbocycles. The Bertz CT molecular complexity index is 1280. The molecule has 0 bridgehead atoms. The molecule has 0 radical (unpaired) electrons. The van der Waals surface area contributed by atoms with Crippen molar-refractivity contribution in [3.8, 4) is 0 Å². The topological polar surface area (TPSA) is 189 Å². The maximum atomic E-state index is 13.2. The molecule has 9 atom stereocenters. The highest BCUT2D eigenvalue weighted by Crippen LogP contribution is 2.24. The summed E-state index contributed by atoms with van der Waals surface area (Å²) in [7, 11) is 0. The Morgan fingerprint density at radius 1 is 0.447 bits per heavy atom. The molecule has 11 heteroatoms. The number of carbonyl (C=O) groups is 1. The molecule has 0 aromatic heterocycles. The summed E-state index contributed by atoms with van der Waals surface area (Å²) in [6.45, 7) is 3.49. The first kappa shape index (κ1) is 72.6. The smallest absolute Gasteiger partial charge is 0.249 e. The van der Waals surface area contributed by atoms with Gasteiger partial charge in [0.15, 0.2) is 6.29 Å². The first-order valence-corrected chi connectivity index (χ1v) is 32.7. The van der Waals surface area contributed by atoms with E-state index in [1.54, 1.807) is 0 Å². The number of rotatable bonds is 57. The fraction of sp³-hybridized carbons (Fsp3) is 0.923. The lowest BCUT2D eigenvalue weighted by molar-refractivity contribution is -0.303. The van der Waals surface area contributed by atoms with Crippen molar-refractivity contribution in [2.24, 2.45) is 0 Å².